The van der Waals surface area contributed by atoms with E-state index in [2.05, 4.69) is 5.32 Å². The highest BCUT2D eigenvalue weighted by Gasteiger charge is 2.33. The molecule has 1 heterocycles. The third-order valence-electron chi connectivity index (χ3n) is 4.95. The number of rotatable bonds is 5. The quantitative estimate of drug-likeness (QED) is 0.781. The van der Waals surface area contributed by atoms with Crippen LogP contribution in [0.3, 0.4) is 0 Å². The Morgan fingerprint density at radius 1 is 1.11 bits per heavy atom. The topological polar surface area (TPSA) is 83.6 Å². The minimum absolute atomic E-state index is 0.0795. The lowest BCUT2D eigenvalue weighted by Gasteiger charge is -2.31. The van der Waals surface area contributed by atoms with Crippen LogP contribution in [-0.2, 0) is 14.8 Å². The van der Waals surface area contributed by atoms with Crippen molar-refractivity contribution >= 4 is 27.4 Å². The van der Waals surface area contributed by atoms with Crippen molar-refractivity contribution in [2.75, 3.05) is 18.4 Å². The molecule has 2 aromatic rings. The number of nitrogens with one attached hydrogen (secondary N) is 1. The Bertz CT molecular complexity index is 984. The molecule has 7 heteroatoms. The second kappa shape index (κ2) is 8.24. The van der Waals surface area contributed by atoms with E-state index in [0.29, 0.717) is 30.6 Å². The monoisotopic (exact) mass is 400 g/mol. The summed E-state index contributed by atoms with van der Waals surface area (Å²) in [6, 6.07) is 13.5. The van der Waals surface area contributed by atoms with Crippen LogP contribution in [0.25, 0.3) is 0 Å². The molecule has 2 aromatic carbocycles. The van der Waals surface area contributed by atoms with Gasteiger partial charge in [0.1, 0.15) is 0 Å². The molecule has 0 aliphatic carbocycles. The molecule has 1 fully saturated rings. The number of Topliss-reactive ketones (excluding diaryl/α,β-unsaturated/α-hetero) is 1. The van der Waals surface area contributed by atoms with E-state index in [1.807, 2.05) is 6.92 Å². The van der Waals surface area contributed by atoms with Gasteiger partial charge in [-0.05, 0) is 51.0 Å². The standard InChI is InChI=1S/C21H24N2O4S/c1-15-8-10-20(11-9-15)28(26,27)23-12-4-6-18(14-23)21(25)22-19-7-3-5-17(13-19)16(2)24/h3,5,7-11,13,18H,4,6,12,14H2,1-2H3,(H,22,25)/t18-/m1/s1. The zero-order valence-corrected chi connectivity index (χ0v) is 16.8. The Balaban J connectivity index is 1.72. The number of carbonyl (C=O) groups excluding carboxylic acids is 2. The van der Waals surface area contributed by atoms with Gasteiger partial charge in [0.25, 0.3) is 0 Å². The van der Waals surface area contributed by atoms with Crippen LogP contribution in [0.4, 0.5) is 5.69 Å². The average Bonchev–Trinajstić information content (AvgIpc) is 2.68. The fraction of sp³-hybridized carbons (Fsp3) is 0.333. The Hall–Kier alpha value is -2.51. The molecule has 0 aromatic heterocycles. The van der Waals surface area contributed by atoms with E-state index in [4.69, 9.17) is 0 Å². The van der Waals surface area contributed by atoms with Gasteiger partial charge >= 0.3 is 0 Å². The number of sulfonamides is 1. The summed E-state index contributed by atoms with van der Waals surface area (Å²) in [6.45, 7) is 3.92. The molecular weight excluding hydrogens is 376 g/mol. The van der Waals surface area contributed by atoms with E-state index in [1.165, 1.54) is 11.2 Å². The summed E-state index contributed by atoms with van der Waals surface area (Å²) in [5, 5.41) is 2.81. The number of amides is 1. The Morgan fingerprint density at radius 3 is 2.50 bits per heavy atom. The van der Waals surface area contributed by atoms with Gasteiger partial charge in [-0.25, -0.2) is 8.42 Å². The van der Waals surface area contributed by atoms with Crippen molar-refractivity contribution in [3.63, 3.8) is 0 Å². The first kappa shape index (κ1) is 20.2. The van der Waals surface area contributed by atoms with Gasteiger partial charge in [0.05, 0.1) is 10.8 Å². The SMILES string of the molecule is CC(=O)c1cccc(NC(=O)[C@@H]2CCCN(S(=O)(=O)c3ccc(C)cc3)C2)c1. The molecule has 148 valence electrons. The number of anilines is 1. The molecule has 1 amide bonds. The van der Waals surface area contributed by atoms with E-state index < -0.39 is 15.9 Å². The van der Waals surface area contributed by atoms with Crippen LogP contribution in [-0.4, -0.2) is 37.5 Å². The first-order valence-corrected chi connectivity index (χ1v) is 10.7. The molecule has 1 atom stereocenters. The molecule has 6 nitrogen and oxygen atoms in total. The molecule has 0 spiro atoms. The zero-order chi connectivity index (χ0) is 20.3. The van der Waals surface area contributed by atoms with Crippen molar-refractivity contribution in [1.82, 2.24) is 4.31 Å². The smallest absolute Gasteiger partial charge is 0.243 e. The average molecular weight is 401 g/mol. The van der Waals surface area contributed by atoms with Crippen molar-refractivity contribution in [3.8, 4) is 0 Å². The molecule has 0 radical (unpaired) electrons. The summed E-state index contributed by atoms with van der Waals surface area (Å²) < 4.78 is 27.2. The molecule has 1 aliphatic heterocycles. The van der Waals surface area contributed by atoms with Crippen molar-refractivity contribution in [2.24, 2.45) is 5.92 Å². The molecule has 1 saturated heterocycles. The van der Waals surface area contributed by atoms with Gasteiger partial charge in [-0.15, -0.1) is 0 Å². The van der Waals surface area contributed by atoms with Gasteiger partial charge in [-0.1, -0.05) is 29.8 Å². The summed E-state index contributed by atoms with van der Waals surface area (Å²) in [6.07, 6.45) is 1.24. The first-order valence-electron chi connectivity index (χ1n) is 9.26. The van der Waals surface area contributed by atoms with E-state index in [0.717, 1.165) is 5.56 Å². The number of hydrogen-bond acceptors (Lipinski definition) is 4. The third-order valence-corrected chi connectivity index (χ3v) is 6.83. The molecule has 1 N–H and O–H groups in total. The van der Waals surface area contributed by atoms with Crippen LogP contribution >= 0.6 is 0 Å². The molecule has 1 aliphatic rings. The molecule has 0 unspecified atom stereocenters. The predicted octanol–water partition coefficient (Wildman–Crippen LogP) is 3.24. The number of nitrogens with zero attached hydrogens (tertiary/aromatic N) is 1. The second-order valence-electron chi connectivity index (χ2n) is 7.14. The number of piperidine rings is 1. The van der Waals surface area contributed by atoms with Gasteiger partial charge in [-0.3, -0.25) is 9.59 Å². The molecule has 0 bridgehead atoms. The predicted molar refractivity (Wildman–Crippen MR) is 108 cm³/mol. The van der Waals surface area contributed by atoms with Gasteiger partial charge in [-0.2, -0.15) is 4.31 Å². The van der Waals surface area contributed by atoms with E-state index >= 15 is 0 Å². The lowest BCUT2D eigenvalue weighted by atomic mass is 9.98. The van der Waals surface area contributed by atoms with Gasteiger partial charge in [0, 0.05) is 24.3 Å². The van der Waals surface area contributed by atoms with E-state index in [1.54, 1.807) is 48.5 Å². The van der Waals surface area contributed by atoms with E-state index in [9.17, 15) is 18.0 Å². The highest BCUT2D eigenvalue weighted by Crippen LogP contribution is 2.25. The highest BCUT2D eigenvalue weighted by molar-refractivity contribution is 7.89. The number of ketones is 1. The maximum absolute atomic E-state index is 12.9. The van der Waals surface area contributed by atoms with Gasteiger partial charge in [0.15, 0.2) is 5.78 Å². The highest BCUT2D eigenvalue weighted by atomic mass is 32.2. The second-order valence-corrected chi connectivity index (χ2v) is 9.08. The molecular formula is C21H24N2O4S. The first-order chi connectivity index (χ1) is 13.3. The summed E-state index contributed by atoms with van der Waals surface area (Å²) in [5.74, 6) is -0.747. The third kappa shape index (κ3) is 4.48. The van der Waals surface area contributed by atoms with Crippen LogP contribution in [0.1, 0.15) is 35.7 Å². The Morgan fingerprint density at radius 2 is 1.82 bits per heavy atom. The number of benzene rings is 2. The Kier molecular flexibility index (Phi) is 5.96. The molecule has 28 heavy (non-hydrogen) atoms. The summed E-state index contributed by atoms with van der Waals surface area (Å²) in [4.78, 5) is 24.4. The Labute approximate surface area is 165 Å². The largest absolute Gasteiger partial charge is 0.326 e. The lowest BCUT2D eigenvalue weighted by Crippen LogP contribution is -2.43. The fourth-order valence-electron chi connectivity index (χ4n) is 3.29. The maximum Gasteiger partial charge on any atom is 0.243 e. The summed E-state index contributed by atoms with van der Waals surface area (Å²) in [7, 11) is -3.63. The number of aryl methyl sites for hydroxylation is 1. The minimum atomic E-state index is -3.63. The van der Waals surface area contributed by atoms with Crippen LogP contribution in [0.5, 0.6) is 0 Å². The van der Waals surface area contributed by atoms with Gasteiger partial charge in [0.2, 0.25) is 15.9 Å². The molecule has 0 saturated carbocycles. The van der Waals surface area contributed by atoms with E-state index in [-0.39, 0.29) is 23.1 Å². The van der Waals surface area contributed by atoms with Crippen molar-refractivity contribution < 1.29 is 18.0 Å². The number of carbonyl (C=O) groups is 2. The van der Waals surface area contributed by atoms with Crippen LogP contribution in [0.2, 0.25) is 0 Å². The summed E-state index contributed by atoms with van der Waals surface area (Å²) >= 11 is 0. The minimum Gasteiger partial charge on any atom is -0.326 e. The van der Waals surface area contributed by atoms with Crippen LogP contribution < -0.4 is 5.32 Å². The molecule has 3 rings (SSSR count). The van der Waals surface area contributed by atoms with Crippen molar-refractivity contribution in [3.05, 3.63) is 59.7 Å². The van der Waals surface area contributed by atoms with Crippen LogP contribution in [0.15, 0.2) is 53.4 Å². The van der Waals surface area contributed by atoms with Crippen molar-refractivity contribution in [1.29, 1.82) is 0 Å². The maximum atomic E-state index is 12.9. The lowest BCUT2D eigenvalue weighted by molar-refractivity contribution is -0.120. The van der Waals surface area contributed by atoms with Crippen molar-refractivity contribution in [2.45, 2.75) is 31.6 Å². The van der Waals surface area contributed by atoms with Gasteiger partial charge < -0.3 is 5.32 Å². The fourth-order valence-corrected chi connectivity index (χ4v) is 4.82. The summed E-state index contributed by atoms with van der Waals surface area (Å²) in [5.41, 5.74) is 2.05. The number of hydrogen-bond donors (Lipinski definition) is 1. The van der Waals surface area contributed by atoms with Crippen LogP contribution in [0, 0.1) is 12.8 Å². The zero-order valence-electron chi connectivity index (χ0n) is 16.0. The normalized spacial score (nSPS) is 17.9.